The van der Waals surface area contributed by atoms with Crippen LogP contribution in [0, 0.1) is 6.92 Å². The molecule has 0 aromatic heterocycles. The van der Waals surface area contributed by atoms with E-state index in [1.54, 1.807) is 11.8 Å². The smallest absolute Gasteiger partial charge is 0.223 e. The molecule has 0 aliphatic rings. The summed E-state index contributed by atoms with van der Waals surface area (Å²) in [6.45, 7) is 15.9. The molecule has 0 aliphatic heterocycles. The van der Waals surface area contributed by atoms with Gasteiger partial charge in [-0.2, -0.15) is 0 Å². The minimum atomic E-state index is -1.77. The first-order valence-electron chi connectivity index (χ1n) is 7.64. The molecule has 0 saturated carbocycles. The van der Waals surface area contributed by atoms with Gasteiger partial charge in [0.1, 0.15) is 0 Å². The Hall–Kier alpha value is -0.653. The first kappa shape index (κ1) is 19.4. The highest BCUT2D eigenvalue weighted by atomic mass is 79.9. The van der Waals surface area contributed by atoms with Gasteiger partial charge in [-0.25, -0.2) is 0 Å². The van der Waals surface area contributed by atoms with E-state index >= 15 is 0 Å². The lowest BCUT2D eigenvalue weighted by atomic mass is 10.2. The average molecular weight is 386 g/mol. The number of nitrogens with zero attached hydrogens (tertiary/aromatic N) is 1. The number of anilines is 1. The molecule has 0 heterocycles. The second kappa shape index (κ2) is 7.28. The summed E-state index contributed by atoms with van der Waals surface area (Å²) in [6, 6.07) is 5.99. The number of benzene rings is 1. The maximum absolute atomic E-state index is 12.0. The molecule has 1 aromatic rings. The Morgan fingerprint density at radius 1 is 1.32 bits per heavy atom. The molecule has 0 aliphatic carbocycles. The van der Waals surface area contributed by atoms with Crippen molar-refractivity contribution in [1.29, 1.82) is 0 Å². The summed E-state index contributed by atoms with van der Waals surface area (Å²) in [7, 11) is -1.77. The Morgan fingerprint density at radius 3 is 2.36 bits per heavy atom. The van der Waals surface area contributed by atoms with Crippen molar-refractivity contribution in [3.63, 3.8) is 0 Å². The molecule has 1 aromatic carbocycles. The fourth-order valence-corrected chi connectivity index (χ4v) is 3.23. The van der Waals surface area contributed by atoms with E-state index in [9.17, 15) is 4.79 Å². The normalized spacial score (nSPS) is 12.4. The fourth-order valence-electron chi connectivity index (χ4n) is 1.83. The van der Waals surface area contributed by atoms with Gasteiger partial charge in [0.05, 0.1) is 6.61 Å². The number of carbonyl (C=O) groups is 1. The molecule has 0 fully saturated rings. The van der Waals surface area contributed by atoms with E-state index in [0.717, 1.165) is 15.7 Å². The van der Waals surface area contributed by atoms with Crippen LogP contribution in [-0.2, 0) is 9.22 Å². The summed E-state index contributed by atoms with van der Waals surface area (Å²) >= 11 is 3.53. The fraction of sp³-hybridized carbons (Fsp3) is 0.588. The zero-order valence-corrected chi connectivity index (χ0v) is 17.4. The van der Waals surface area contributed by atoms with Gasteiger partial charge in [0, 0.05) is 23.6 Å². The lowest BCUT2D eigenvalue weighted by Crippen LogP contribution is -2.43. The van der Waals surface area contributed by atoms with Crippen molar-refractivity contribution in [2.45, 2.75) is 52.8 Å². The zero-order chi connectivity index (χ0) is 17.1. The van der Waals surface area contributed by atoms with E-state index in [0.29, 0.717) is 13.2 Å². The van der Waals surface area contributed by atoms with Gasteiger partial charge in [0.15, 0.2) is 8.32 Å². The van der Waals surface area contributed by atoms with Crippen LogP contribution in [0.1, 0.15) is 33.3 Å². The van der Waals surface area contributed by atoms with Gasteiger partial charge < -0.3 is 9.33 Å². The van der Waals surface area contributed by atoms with Gasteiger partial charge in [-0.3, -0.25) is 4.79 Å². The number of hydrogen-bond donors (Lipinski definition) is 0. The Bertz CT molecular complexity index is 538. The highest BCUT2D eigenvalue weighted by molar-refractivity contribution is 9.10. The van der Waals surface area contributed by atoms with Crippen molar-refractivity contribution in [3.05, 3.63) is 28.2 Å². The van der Waals surface area contributed by atoms with E-state index in [1.807, 2.05) is 25.1 Å². The molecular formula is C17H28BrNO2Si. The molecule has 0 atom stereocenters. The summed E-state index contributed by atoms with van der Waals surface area (Å²) < 4.78 is 7.20. The van der Waals surface area contributed by atoms with Crippen LogP contribution >= 0.6 is 15.9 Å². The minimum Gasteiger partial charge on any atom is -0.415 e. The molecule has 0 bridgehead atoms. The molecule has 22 heavy (non-hydrogen) atoms. The van der Waals surface area contributed by atoms with E-state index in [2.05, 4.69) is 49.8 Å². The molecule has 0 radical (unpaired) electrons. The van der Waals surface area contributed by atoms with E-state index < -0.39 is 8.32 Å². The summed E-state index contributed by atoms with van der Waals surface area (Å²) in [5.74, 6) is 0.0367. The van der Waals surface area contributed by atoms with Crippen molar-refractivity contribution >= 4 is 35.8 Å². The van der Waals surface area contributed by atoms with Crippen LogP contribution in [0.5, 0.6) is 0 Å². The molecule has 0 saturated heterocycles. The van der Waals surface area contributed by atoms with Crippen LogP contribution in [0.2, 0.25) is 18.1 Å². The van der Waals surface area contributed by atoms with Crippen LogP contribution in [0.4, 0.5) is 5.69 Å². The number of hydrogen-bond acceptors (Lipinski definition) is 2. The van der Waals surface area contributed by atoms with E-state index in [1.165, 1.54) is 0 Å². The Labute approximate surface area is 144 Å². The van der Waals surface area contributed by atoms with Gasteiger partial charge in [-0.15, -0.1) is 0 Å². The van der Waals surface area contributed by atoms with Crippen molar-refractivity contribution in [2.24, 2.45) is 0 Å². The molecule has 1 rings (SSSR count). The Morgan fingerprint density at radius 2 is 1.91 bits per heavy atom. The van der Waals surface area contributed by atoms with Crippen molar-refractivity contribution in [2.75, 3.05) is 18.1 Å². The van der Waals surface area contributed by atoms with Crippen LogP contribution in [0.25, 0.3) is 0 Å². The highest BCUT2D eigenvalue weighted by Crippen LogP contribution is 2.36. The molecule has 0 spiro atoms. The van der Waals surface area contributed by atoms with Crippen LogP contribution < -0.4 is 4.90 Å². The van der Waals surface area contributed by atoms with E-state index in [-0.39, 0.29) is 10.9 Å². The minimum absolute atomic E-state index is 0.0367. The largest absolute Gasteiger partial charge is 0.415 e. The summed E-state index contributed by atoms with van der Waals surface area (Å²) in [6.07, 6.45) is 0. The third-order valence-corrected chi connectivity index (χ3v) is 9.82. The number of aryl methyl sites for hydroxylation is 1. The monoisotopic (exact) mass is 385 g/mol. The maximum Gasteiger partial charge on any atom is 0.223 e. The molecule has 5 heteroatoms. The van der Waals surface area contributed by atoms with Crippen molar-refractivity contribution < 1.29 is 9.22 Å². The predicted octanol–water partition coefficient (Wildman–Crippen LogP) is 5.13. The standard InChI is InChI=1S/C17H28BrNO2Si/c1-13-8-9-15(12-16(13)18)19(14(2)20)10-11-21-22(6,7)17(3,4)5/h8-9,12H,10-11H2,1-7H3. The second-order valence-electron chi connectivity index (χ2n) is 7.21. The zero-order valence-electron chi connectivity index (χ0n) is 14.8. The summed E-state index contributed by atoms with van der Waals surface area (Å²) in [5.41, 5.74) is 2.06. The third-order valence-electron chi connectivity index (χ3n) is 4.43. The van der Waals surface area contributed by atoms with Crippen LogP contribution in [-0.4, -0.2) is 27.4 Å². The lowest BCUT2D eigenvalue weighted by molar-refractivity contribution is -0.116. The van der Waals surface area contributed by atoms with E-state index in [4.69, 9.17) is 4.43 Å². The summed E-state index contributed by atoms with van der Waals surface area (Å²) in [5, 5.41) is 0.181. The third kappa shape index (κ3) is 4.93. The lowest BCUT2D eigenvalue weighted by Gasteiger charge is -2.36. The van der Waals surface area contributed by atoms with Gasteiger partial charge in [0.2, 0.25) is 5.91 Å². The first-order chi connectivity index (χ1) is 9.95. The van der Waals surface area contributed by atoms with Gasteiger partial charge >= 0.3 is 0 Å². The quantitative estimate of drug-likeness (QED) is 0.657. The SMILES string of the molecule is CC(=O)N(CCO[Si](C)(C)C(C)(C)C)c1ccc(C)c(Br)c1. The molecule has 124 valence electrons. The van der Waals surface area contributed by atoms with Gasteiger partial charge in [-0.1, -0.05) is 42.8 Å². The first-order valence-corrected chi connectivity index (χ1v) is 11.3. The average Bonchev–Trinajstić information content (AvgIpc) is 2.36. The van der Waals surface area contributed by atoms with Crippen LogP contribution in [0.3, 0.4) is 0 Å². The number of amides is 1. The molecular weight excluding hydrogens is 358 g/mol. The number of carbonyl (C=O) groups excluding carboxylic acids is 1. The molecule has 0 unspecified atom stereocenters. The molecule has 1 amide bonds. The topological polar surface area (TPSA) is 29.5 Å². The molecule has 0 N–H and O–H groups in total. The van der Waals surface area contributed by atoms with Gasteiger partial charge in [0.25, 0.3) is 0 Å². The number of rotatable bonds is 5. The predicted molar refractivity (Wildman–Crippen MR) is 100 cm³/mol. The maximum atomic E-state index is 12.0. The molecule has 3 nitrogen and oxygen atoms in total. The van der Waals surface area contributed by atoms with Crippen LogP contribution in [0.15, 0.2) is 22.7 Å². The number of halogens is 1. The Kier molecular flexibility index (Phi) is 6.42. The van der Waals surface area contributed by atoms with Gasteiger partial charge in [-0.05, 0) is 42.8 Å². The second-order valence-corrected chi connectivity index (χ2v) is 12.9. The van der Waals surface area contributed by atoms with Crippen molar-refractivity contribution in [3.8, 4) is 0 Å². The summed E-state index contributed by atoms with van der Waals surface area (Å²) in [4.78, 5) is 13.7. The Balaban J connectivity index is 2.78. The van der Waals surface area contributed by atoms with Crippen molar-refractivity contribution in [1.82, 2.24) is 0 Å². The highest BCUT2D eigenvalue weighted by Gasteiger charge is 2.37.